The van der Waals surface area contributed by atoms with E-state index in [1.807, 2.05) is 32.0 Å². The first kappa shape index (κ1) is 17.7. The number of carbonyl (C=O) groups is 1. The van der Waals surface area contributed by atoms with Gasteiger partial charge in [-0.2, -0.15) is 0 Å². The molecule has 0 bridgehead atoms. The second-order valence-corrected chi connectivity index (χ2v) is 6.10. The molecule has 2 nitrogen and oxygen atoms in total. The van der Waals surface area contributed by atoms with Crippen LogP contribution in [0, 0.1) is 5.92 Å². The number of hydrogen-bond acceptors (Lipinski definition) is 1. The summed E-state index contributed by atoms with van der Waals surface area (Å²) < 4.78 is 0. The van der Waals surface area contributed by atoms with Gasteiger partial charge in [-0.15, -0.1) is 0 Å². The van der Waals surface area contributed by atoms with Gasteiger partial charge in [0.1, 0.15) is 0 Å². The van der Waals surface area contributed by atoms with Crippen molar-refractivity contribution in [2.45, 2.75) is 71.8 Å². The second kappa shape index (κ2) is 10.4. The zero-order chi connectivity index (χ0) is 15.5. The Hall–Kier alpha value is -1.31. The van der Waals surface area contributed by atoms with E-state index in [0.717, 1.165) is 18.4 Å². The molecule has 0 saturated carbocycles. The summed E-state index contributed by atoms with van der Waals surface area (Å²) in [4.78, 5) is 12.2. The lowest BCUT2D eigenvalue weighted by Crippen LogP contribution is -2.31. The van der Waals surface area contributed by atoms with Crippen molar-refractivity contribution in [2.75, 3.05) is 0 Å². The van der Waals surface area contributed by atoms with Gasteiger partial charge >= 0.3 is 0 Å². The lowest BCUT2D eigenvalue weighted by molar-refractivity contribution is -0.125. The third-order valence-corrected chi connectivity index (χ3v) is 4.10. The fourth-order valence-electron chi connectivity index (χ4n) is 2.54. The Morgan fingerprint density at radius 3 is 2.29 bits per heavy atom. The zero-order valence-corrected chi connectivity index (χ0v) is 13.9. The maximum atomic E-state index is 12.2. The Kier molecular flexibility index (Phi) is 8.80. The predicted molar refractivity (Wildman–Crippen MR) is 90.2 cm³/mol. The van der Waals surface area contributed by atoms with Gasteiger partial charge in [-0.05, 0) is 18.9 Å². The highest BCUT2D eigenvalue weighted by molar-refractivity contribution is 5.78. The van der Waals surface area contributed by atoms with Crippen molar-refractivity contribution in [2.24, 2.45) is 5.92 Å². The summed E-state index contributed by atoms with van der Waals surface area (Å²) >= 11 is 0. The Labute approximate surface area is 130 Å². The first-order chi connectivity index (χ1) is 10.1. The van der Waals surface area contributed by atoms with Crippen molar-refractivity contribution in [3.05, 3.63) is 35.9 Å². The molecular weight excluding hydrogens is 258 g/mol. The van der Waals surface area contributed by atoms with Gasteiger partial charge in [-0.3, -0.25) is 4.79 Å². The normalized spacial score (nSPS) is 13.7. The molecule has 21 heavy (non-hydrogen) atoms. The number of hydrogen-bond donors (Lipinski definition) is 1. The molecule has 1 aromatic carbocycles. The summed E-state index contributed by atoms with van der Waals surface area (Å²) in [6, 6.07) is 10.2. The molecular formula is C19H31NO. The largest absolute Gasteiger partial charge is 0.349 e. The Bertz CT molecular complexity index is 388. The van der Waals surface area contributed by atoms with Crippen LogP contribution in [-0.4, -0.2) is 5.91 Å². The molecule has 1 N–H and O–H groups in total. The van der Waals surface area contributed by atoms with Crippen molar-refractivity contribution in [1.82, 2.24) is 5.32 Å². The standard InChI is InChI=1S/C19H31NO/c1-4-5-6-7-8-10-13-16(2)19(21)20-17(3)18-14-11-9-12-15-18/h9,11-12,14-17H,4-8,10,13H2,1-3H3,(H,20,21)/t16-,17+/m1/s1. The topological polar surface area (TPSA) is 29.1 Å². The van der Waals surface area contributed by atoms with Crippen molar-refractivity contribution < 1.29 is 4.79 Å². The second-order valence-electron chi connectivity index (χ2n) is 6.10. The quantitative estimate of drug-likeness (QED) is 0.585. The molecule has 0 fully saturated rings. The predicted octanol–water partition coefficient (Wildman–Crippen LogP) is 5.25. The Balaban J connectivity index is 2.22. The lowest BCUT2D eigenvalue weighted by Gasteiger charge is -2.18. The number of benzene rings is 1. The fraction of sp³-hybridized carbons (Fsp3) is 0.632. The molecule has 0 aliphatic carbocycles. The van der Waals surface area contributed by atoms with Gasteiger partial charge in [-0.25, -0.2) is 0 Å². The number of rotatable bonds is 10. The highest BCUT2D eigenvalue weighted by Gasteiger charge is 2.15. The maximum Gasteiger partial charge on any atom is 0.223 e. The highest BCUT2D eigenvalue weighted by Crippen LogP contribution is 2.15. The van der Waals surface area contributed by atoms with Crippen LogP contribution < -0.4 is 5.32 Å². The Morgan fingerprint density at radius 2 is 1.62 bits per heavy atom. The average molecular weight is 289 g/mol. The first-order valence-electron chi connectivity index (χ1n) is 8.50. The molecule has 1 rings (SSSR count). The van der Waals surface area contributed by atoms with Crippen LogP contribution in [0.2, 0.25) is 0 Å². The van der Waals surface area contributed by atoms with Crippen LogP contribution >= 0.6 is 0 Å². The van der Waals surface area contributed by atoms with E-state index in [4.69, 9.17) is 0 Å². The van der Waals surface area contributed by atoms with Crippen molar-refractivity contribution in [3.63, 3.8) is 0 Å². The SMILES string of the molecule is CCCCCCCC[C@@H](C)C(=O)N[C@@H](C)c1ccccc1. The van der Waals surface area contributed by atoms with E-state index in [9.17, 15) is 4.79 Å². The third-order valence-electron chi connectivity index (χ3n) is 4.10. The minimum atomic E-state index is 0.0886. The monoisotopic (exact) mass is 289 g/mol. The maximum absolute atomic E-state index is 12.2. The van der Waals surface area contributed by atoms with Crippen LogP contribution in [0.4, 0.5) is 0 Å². The smallest absolute Gasteiger partial charge is 0.223 e. The fourth-order valence-corrected chi connectivity index (χ4v) is 2.54. The van der Waals surface area contributed by atoms with Crippen LogP contribution in [0.1, 0.15) is 77.3 Å². The minimum Gasteiger partial charge on any atom is -0.349 e. The van der Waals surface area contributed by atoms with Crippen LogP contribution in [0.3, 0.4) is 0 Å². The summed E-state index contributed by atoms with van der Waals surface area (Å²) in [5, 5.41) is 3.12. The summed E-state index contributed by atoms with van der Waals surface area (Å²) in [7, 11) is 0. The summed E-state index contributed by atoms with van der Waals surface area (Å²) in [6.45, 7) is 6.32. The van der Waals surface area contributed by atoms with E-state index >= 15 is 0 Å². The lowest BCUT2D eigenvalue weighted by atomic mass is 10.00. The van der Waals surface area contributed by atoms with E-state index in [1.54, 1.807) is 0 Å². The zero-order valence-electron chi connectivity index (χ0n) is 13.9. The molecule has 118 valence electrons. The molecule has 0 radical (unpaired) electrons. The van der Waals surface area contributed by atoms with E-state index in [2.05, 4.69) is 24.4 Å². The van der Waals surface area contributed by atoms with Crippen molar-refractivity contribution >= 4 is 5.91 Å². The van der Waals surface area contributed by atoms with Crippen LogP contribution in [-0.2, 0) is 4.79 Å². The van der Waals surface area contributed by atoms with Gasteiger partial charge in [0.2, 0.25) is 5.91 Å². The molecule has 0 aliphatic rings. The van der Waals surface area contributed by atoms with Crippen LogP contribution in [0.5, 0.6) is 0 Å². The van der Waals surface area contributed by atoms with Gasteiger partial charge in [0.25, 0.3) is 0 Å². The van der Waals surface area contributed by atoms with E-state index in [1.165, 1.54) is 32.1 Å². The van der Waals surface area contributed by atoms with Gasteiger partial charge in [-0.1, -0.05) is 82.7 Å². The Morgan fingerprint density at radius 1 is 1.00 bits per heavy atom. The average Bonchev–Trinajstić information content (AvgIpc) is 2.51. The first-order valence-corrected chi connectivity index (χ1v) is 8.50. The molecule has 0 spiro atoms. The number of amides is 1. The highest BCUT2D eigenvalue weighted by atomic mass is 16.1. The van der Waals surface area contributed by atoms with E-state index in [0.29, 0.717) is 0 Å². The third kappa shape index (κ3) is 7.31. The molecule has 0 saturated heterocycles. The molecule has 1 aromatic rings. The molecule has 0 unspecified atom stereocenters. The molecule has 2 atom stereocenters. The molecule has 0 heterocycles. The molecule has 2 heteroatoms. The van der Waals surface area contributed by atoms with Gasteiger partial charge in [0, 0.05) is 5.92 Å². The van der Waals surface area contributed by atoms with Crippen molar-refractivity contribution in [3.8, 4) is 0 Å². The summed E-state index contributed by atoms with van der Waals surface area (Å²) in [5.41, 5.74) is 1.16. The van der Waals surface area contributed by atoms with E-state index < -0.39 is 0 Å². The van der Waals surface area contributed by atoms with Crippen molar-refractivity contribution in [1.29, 1.82) is 0 Å². The molecule has 0 aliphatic heterocycles. The molecule has 1 amide bonds. The number of nitrogens with one attached hydrogen (secondary N) is 1. The minimum absolute atomic E-state index is 0.0886. The summed E-state index contributed by atoms with van der Waals surface area (Å²) in [6.07, 6.45) is 8.69. The van der Waals surface area contributed by atoms with Gasteiger partial charge < -0.3 is 5.32 Å². The number of unbranched alkanes of at least 4 members (excludes halogenated alkanes) is 5. The van der Waals surface area contributed by atoms with Crippen LogP contribution in [0.25, 0.3) is 0 Å². The van der Waals surface area contributed by atoms with Crippen LogP contribution in [0.15, 0.2) is 30.3 Å². The van der Waals surface area contributed by atoms with Gasteiger partial charge in [0.05, 0.1) is 6.04 Å². The summed E-state index contributed by atoms with van der Waals surface area (Å²) in [5.74, 6) is 0.294. The van der Waals surface area contributed by atoms with E-state index in [-0.39, 0.29) is 17.9 Å². The molecule has 0 aromatic heterocycles. The van der Waals surface area contributed by atoms with Gasteiger partial charge in [0.15, 0.2) is 0 Å². The number of carbonyl (C=O) groups excluding carboxylic acids is 1.